The Kier molecular flexibility index (Phi) is 9.53. The number of fused-ring (bicyclic) bond motifs is 1. The average molecular weight is 627 g/mol. The van der Waals surface area contributed by atoms with E-state index in [-0.39, 0.29) is 22.9 Å². The van der Waals surface area contributed by atoms with Gasteiger partial charge in [0, 0.05) is 30.2 Å². The van der Waals surface area contributed by atoms with Crippen LogP contribution in [-0.4, -0.2) is 66.0 Å². The highest BCUT2D eigenvalue weighted by Gasteiger charge is 2.41. The molecule has 1 fully saturated rings. The van der Waals surface area contributed by atoms with Gasteiger partial charge in [-0.15, -0.1) is 5.10 Å². The summed E-state index contributed by atoms with van der Waals surface area (Å²) in [6.07, 6.45) is -1.60. The number of rotatable bonds is 8. The second-order valence-corrected chi connectivity index (χ2v) is 11.6. The van der Waals surface area contributed by atoms with Crippen LogP contribution in [0.1, 0.15) is 48.1 Å². The van der Waals surface area contributed by atoms with Crippen molar-refractivity contribution in [2.45, 2.75) is 38.4 Å². The third-order valence-electron chi connectivity index (χ3n) is 7.98. The molecule has 2 heterocycles. The molecule has 11 nitrogen and oxygen atoms in total. The number of likely N-dealkylation sites (N-methyl/N-ethyl adjacent to an activating group) is 1. The van der Waals surface area contributed by atoms with Gasteiger partial charge in [0.25, 0.3) is 0 Å². The maximum atomic E-state index is 13.6. The predicted octanol–water partition coefficient (Wildman–Crippen LogP) is 3.04. The van der Waals surface area contributed by atoms with Crippen molar-refractivity contribution in [3.63, 3.8) is 0 Å². The van der Waals surface area contributed by atoms with E-state index < -0.39 is 35.9 Å². The Morgan fingerprint density at radius 3 is 2.53 bits per heavy atom. The topological polar surface area (TPSA) is 144 Å². The molecule has 0 amide bonds. The van der Waals surface area contributed by atoms with Crippen molar-refractivity contribution >= 4 is 24.1 Å². The number of nitrogens with zero attached hydrogens (tertiary/aromatic N) is 5. The van der Waals surface area contributed by atoms with Crippen molar-refractivity contribution in [1.29, 1.82) is 5.26 Å². The van der Waals surface area contributed by atoms with Gasteiger partial charge >= 0.3 is 17.8 Å². The van der Waals surface area contributed by atoms with E-state index in [1.165, 1.54) is 41.6 Å². The molecular weight excluding hydrogens is 593 g/mol. The number of methoxy groups -OCH3 is 1. The van der Waals surface area contributed by atoms with Crippen molar-refractivity contribution < 1.29 is 37.1 Å². The summed E-state index contributed by atoms with van der Waals surface area (Å²) in [5.74, 6) is -0.0170. The van der Waals surface area contributed by atoms with Gasteiger partial charge < -0.3 is 19.1 Å². The van der Waals surface area contributed by atoms with Crippen LogP contribution in [0, 0.1) is 17.2 Å². The van der Waals surface area contributed by atoms with Crippen LogP contribution >= 0.6 is 0 Å². The van der Waals surface area contributed by atoms with E-state index in [2.05, 4.69) is 30.4 Å². The Bertz CT molecular complexity index is 1720. The van der Waals surface area contributed by atoms with Gasteiger partial charge in [-0.2, -0.15) is 18.4 Å². The Balaban J connectivity index is 0.00000148. The third kappa shape index (κ3) is 7.09. The summed E-state index contributed by atoms with van der Waals surface area (Å²) in [6, 6.07) is 10.9. The number of alkyl halides is 3. The Morgan fingerprint density at radius 1 is 1.24 bits per heavy atom. The molecule has 0 bridgehead atoms. The van der Waals surface area contributed by atoms with Gasteiger partial charge in [-0.1, -0.05) is 12.1 Å². The first-order valence-corrected chi connectivity index (χ1v) is 14.1. The van der Waals surface area contributed by atoms with Crippen LogP contribution in [0.25, 0.3) is 0 Å². The summed E-state index contributed by atoms with van der Waals surface area (Å²) in [7, 11) is 5.52. The van der Waals surface area contributed by atoms with Gasteiger partial charge in [0.15, 0.2) is 0 Å². The first-order valence-electron chi connectivity index (χ1n) is 14.1. The summed E-state index contributed by atoms with van der Waals surface area (Å²) < 4.78 is 48.0. The number of aromatic nitrogens is 3. The quantitative estimate of drug-likeness (QED) is 0.228. The first-order chi connectivity index (χ1) is 21.3. The van der Waals surface area contributed by atoms with Gasteiger partial charge in [-0.05, 0) is 61.2 Å². The third-order valence-corrected chi connectivity index (χ3v) is 7.98. The molecule has 5 rings (SSSR count). The fourth-order valence-electron chi connectivity index (χ4n) is 5.75. The summed E-state index contributed by atoms with van der Waals surface area (Å²) >= 11 is 0. The van der Waals surface area contributed by atoms with Crippen LogP contribution in [0.2, 0.25) is 0 Å². The first kappa shape index (κ1) is 33.0. The number of halogens is 3. The molecule has 2 aromatic carbocycles. The number of aromatic amines is 1. The van der Waals surface area contributed by atoms with Gasteiger partial charge in [-0.3, -0.25) is 4.90 Å². The van der Waals surface area contributed by atoms with Crippen molar-refractivity contribution in [2.24, 2.45) is 5.92 Å². The maximum absolute atomic E-state index is 13.6. The lowest BCUT2D eigenvalue weighted by molar-refractivity contribution is -0.891. The molecule has 3 aromatic rings. The summed E-state index contributed by atoms with van der Waals surface area (Å²) in [6.45, 7) is 2.87. The number of hydrogen-bond donors (Lipinski definition) is 1. The van der Waals surface area contributed by atoms with E-state index in [1.54, 1.807) is 25.1 Å². The van der Waals surface area contributed by atoms with Crippen molar-refractivity contribution in [3.8, 4) is 6.07 Å². The number of ether oxygens (including phenoxy) is 1. The normalized spacial score (nSPS) is 16.3. The zero-order valence-corrected chi connectivity index (χ0v) is 25.2. The minimum absolute atomic E-state index is 0.0228. The largest absolute Gasteiger partial charge is 0.554 e. The Hall–Kier alpha value is -4.90. The second-order valence-electron chi connectivity index (χ2n) is 11.6. The van der Waals surface area contributed by atoms with Crippen LogP contribution in [0.3, 0.4) is 0 Å². The smallest absolute Gasteiger partial charge is 0.416 e. The van der Waals surface area contributed by atoms with E-state index in [0.29, 0.717) is 23.5 Å². The zero-order chi connectivity index (χ0) is 33.1. The molecule has 45 heavy (non-hydrogen) atoms. The Morgan fingerprint density at radius 2 is 1.93 bits per heavy atom. The van der Waals surface area contributed by atoms with Crippen LogP contribution in [0.4, 0.5) is 24.8 Å². The van der Waals surface area contributed by atoms with Gasteiger partial charge in [-0.25, -0.2) is 19.3 Å². The molecule has 1 aliphatic heterocycles. The molecule has 1 atom stereocenters. The van der Waals surface area contributed by atoms with Crippen LogP contribution in [-0.2, 0) is 26.9 Å². The monoisotopic (exact) mass is 626 g/mol. The zero-order valence-electron chi connectivity index (χ0n) is 25.2. The second kappa shape index (κ2) is 13.0. The van der Waals surface area contributed by atoms with Gasteiger partial charge in [0.05, 0.1) is 57.1 Å². The minimum Gasteiger partial charge on any atom is -0.554 e. The molecule has 1 aliphatic carbocycles. The number of benzene rings is 2. The molecule has 1 saturated carbocycles. The highest BCUT2D eigenvalue weighted by Crippen LogP contribution is 2.43. The SMILES string of the molecule is COC(=O)C1=C(C)N(c2cccc(C(F)(F)F)c2)c2n[nH]c(=O)n2[C@@H]1c1ccc(C#N)cc1CC[N+](C)(C)CC1CC1.O=C[O-]. The van der Waals surface area contributed by atoms with Gasteiger partial charge in [0.1, 0.15) is 6.04 Å². The van der Waals surface area contributed by atoms with Crippen LogP contribution in [0.5, 0.6) is 0 Å². The number of nitriles is 1. The number of quaternary nitrogens is 1. The van der Waals surface area contributed by atoms with Crippen molar-refractivity contribution in [3.05, 3.63) is 86.5 Å². The predicted molar refractivity (Wildman–Crippen MR) is 155 cm³/mol. The molecule has 1 aromatic heterocycles. The number of allylic oxidation sites excluding steroid dienone is 1. The van der Waals surface area contributed by atoms with E-state index in [1.807, 2.05) is 0 Å². The number of anilines is 2. The lowest BCUT2D eigenvalue weighted by Gasteiger charge is -2.36. The fourth-order valence-corrected chi connectivity index (χ4v) is 5.75. The molecule has 238 valence electrons. The number of carboxylic acid groups (broad SMARTS) is 1. The van der Waals surface area contributed by atoms with Crippen molar-refractivity contribution in [1.82, 2.24) is 14.8 Å². The summed E-state index contributed by atoms with van der Waals surface area (Å²) in [5, 5.41) is 24.5. The Labute approximate surface area is 257 Å². The number of hydrogen-bond acceptors (Lipinski definition) is 8. The van der Waals surface area contributed by atoms with E-state index in [9.17, 15) is 28.0 Å². The van der Waals surface area contributed by atoms with E-state index in [0.717, 1.165) is 35.3 Å². The number of carbonyl (C=O) groups is 2. The molecule has 1 N–H and O–H groups in total. The molecule has 0 radical (unpaired) electrons. The van der Waals surface area contributed by atoms with E-state index in [4.69, 9.17) is 14.6 Å². The molecule has 14 heteroatoms. The minimum atomic E-state index is -4.61. The van der Waals surface area contributed by atoms with E-state index >= 15 is 0 Å². The highest BCUT2D eigenvalue weighted by atomic mass is 19.4. The summed E-state index contributed by atoms with van der Waals surface area (Å²) in [5.41, 5.74) is 0.683. The van der Waals surface area contributed by atoms with Crippen molar-refractivity contribution in [2.75, 3.05) is 39.2 Å². The lowest BCUT2D eigenvalue weighted by atomic mass is 9.89. The number of carbonyl (C=O) groups excluding carboxylic acids is 2. The molecular formula is C31H33F3N6O5. The van der Waals surface area contributed by atoms with Crippen LogP contribution < -0.4 is 15.7 Å². The summed E-state index contributed by atoms with van der Waals surface area (Å²) in [4.78, 5) is 36.3. The standard InChI is InChI=1S/C30H31F3N6O3.CH2O2/c1-18-25(27(40)42-4)26(24-11-10-20(16-34)14-21(24)12-13-39(2,3)17-19-8-9-19)38-28(35-36-29(38)41)37(18)23-7-5-6-22(15-23)30(31,32)33;2-1-3/h5-7,10-11,14-15,19,26H,8-9,12-13,17H2,1-4H3;1H,(H,2,3)/t26-;/m1./s1. The molecule has 0 unspecified atom stereocenters. The molecule has 0 saturated heterocycles. The number of H-pyrrole nitrogens is 1. The average Bonchev–Trinajstić information content (AvgIpc) is 3.73. The number of nitrogens with one attached hydrogen (secondary N) is 1. The molecule has 2 aliphatic rings. The van der Waals surface area contributed by atoms with Crippen LogP contribution in [0.15, 0.2) is 58.5 Å². The van der Waals surface area contributed by atoms with Gasteiger partial charge in [0.2, 0.25) is 5.95 Å². The lowest BCUT2D eigenvalue weighted by Crippen LogP contribution is -2.43. The molecule has 0 spiro atoms. The fraction of sp³-hybridized carbons (Fsp3) is 0.387. The highest BCUT2D eigenvalue weighted by molar-refractivity contribution is 5.93. The number of esters is 1. The maximum Gasteiger partial charge on any atom is 0.416 e.